The summed E-state index contributed by atoms with van der Waals surface area (Å²) in [5.74, 6) is -0.426. The zero-order valence-electron chi connectivity index (χ0n) is 27.9. The third-order valence-electron chi connectivity index (χ3n) is 10.8. The van der Waals surface area contributed by atoms with Crippen LogP contribution in [0.4, 0.5) is 22.7 Å². The van der Waals surface area contributed by atoms with Gasteiger partial charge in [-0.2, -0.15) is 0 Å². The van der Waals surface area contributed by atoms with Crippen LogP contribution in [0.2, 0.25) is 0 Å². The van der Waals surface area contributed by atoms with Gasteiger partial charge in [0.1, 0.15) is 5.56 Å². The Morgan fingerprint density at radius 1 is 0.795 bits per heavy atom. The van der Waals surface area contributed by atoms with E-state index in [1.807, 2.05) is 38.4 Å². The molecule has 0 radical (unpaired) electrons. The number of anilines is 4. The van der Waals surface area contributed by atoms with E-state index >= 15 is 0 Å². The van der Waals surface area contributed by atoms with Crippen molar-refractivity contribution in [1.82, 2.24) is 0 Å². The first-order chi connectivity index (χ1) is 19.3. The highest BCUT2D eigenvalue weighted by atomic mass is 16.3. The van der Waals surface area contributed by atoms with E-state index in [0.717, 1.165) is 22.5 Å². The van der Waals surface area contributed by atoms with E-state index in [1.54, 1.807) is 23.9 Å². The molecule has 2 aliphatic rings. The van der Waals surface area contributed by atoms with Crippen LogP contribution in [0.25, 0.3) is 22.3 Å². The molecule has 2 heterocycles. The fourth-order valence-corrected chi connectivity index (χ4v) is 6.82. The van der Waals surface area contributed by atoms with Gasteiger partial charge in [0.15, 0.2) is 11.3 Å². The number of benzene rings is 2. The fourth-order valence-electron chi connectivity index (χ4n) is 6.82. The highest BCUT2D eigenvalue weighted by Gasteiger charge is 2.49. The van der Waals surface area contributed by atoms with Gasteiger partial charge in [-0.15, -0.1) is 0 Å². The van der Waals surface area contributed by atoms with Crippen LogP contribution in [0.3, 0.4) is 0 Å². The summed E-state index contributed by atoms with van der Waals surface area (Å²) in [4.78, 5) is 32.7. The zero-order valence-corrected chi connectivity index (χ0v) is 27.9. The lowest BCUT2D eigenvalue weighted by Crippen LogP contribution is -2.36. The lowest BCUT2D eigenvalue weighted by atomic mass is 9.78. The molecule has 3 aromatic rings. The number of fused-ring (bicyclic) bond motifs is 2. The van der Waals surface area contributed by atoms with Crippen molar-refractivity contribution in [2.75, 3.05) is 47.8 Å². The topological polar surface area (TPSA) is 148 Å². The molecular formula is C34H46N4O6. The molecular weight excluding hydrogens is 560 g/mol. The fraction of sp³-hybridized carbons (Fsp3) is 0.471. The monoisotopic (exact) mass is 606 g/mol. The first-order valence-corrected chi connectivity index (χ1v) is 14.5. The summed E-state index contributed by atoms with van der Waals surface area (Å²) in [7, 11) is 7.50. The molecule has 2 atom stereocenters. The Labute approximate surface area is 260 Å². The second kappa shape index (κ2) is 10.9. The first-order valence-electron chi connectivity index (χ1n) is 14.5. The Morgan fingerprint density at radius 2 is 1.20 bits per heavy atom. The third kappa shape index (κ3) is 4.45. The molecule has 238 valence electrons. The van der Waals surface area contributed by atoms with Gasteiger partial charge in [0.25, 0.3) is 11.5 Å². The second-order valence-electron chi connectivity index (χ2n) is 13.4. The number of hydrogen-bond acceptors (Lipinski definition) is 8. The summed E-state index contributed by atoms with van der Waals surface area (Å²) in [6, 6.07) is 8.39. The number of carbonyl (C=O) groups excluding carboxylic acids is 2. The van der Waals surface area contributed by atoms with Crippen molar-refractivity contribution >= 4 is 34.6 Å². The van der Waals surface area contributed by atoms with E-state index in [4.69, 9.17) is 0 Å². The van der Waals surface area contributed by atoms with E-state index in [9.17, 15) is 19.8 Å². The van der Waals surface area contributed by atoms with Crippen LogP contribution in [-0.2, 0) is 20.4 Å². The molecule has 0 saturated heterocycles. The largest absolute Gasteiger partial charge is 0.870 e. The van der Waals surface area contributed by atoms with E-state index in [2.05, 4.69) is 51.3 Å². The Balaban J connectivity index is 0.00000264. The summed E-state index contributed by atoms with van der Waals surface area (Å²) in [5.41, 5.74) is 6.83. The highest BCUT2D eigenvalue weighted by Crippen LogP contribution is 2.61. The first kappa shape index (κ1) is 34.5. The molecule has 10 nitrogen and oxygen atoms in total. The number of rotatable bonds is 4. The maximum Gasteiger partial charge on any atom is 0.290 e. The predicted octanol–water partition coefficient (Wildman–Crippen LogP) is 5.71. The Morgan fingerprint density at radius 3 is 1.64 bits per heavy atom. The number of carbonyl (C=O) groups is 2. The SMILES string of the molecule is CC(=O)N(C)c1cc2c(cc1-c1c(O)[c+](-c3cc4c(cc3N(C)C(C)=O)N(C)C(C)C4(C)C)[c+]1O)C(C)(C)C(C)N2C.[OH-].[OH-]. The molecule has 0 fully saturated rings. The van der Waals surface area contributed by atoms with Crippen LogP contribution in [0.15, 0.2) is 24.3 Å². The summed E-state index contributed by atoms with van der Waals surface area (Å²) >= 11 is 0. The molecule has 2 aliphatic heterocycles. The van der Waals surface area contributed by atoms with Crippen LogP contribution in [0, 0.1) is 0 Å². The van der Waals surface area contributed by atoms with Gasteiger partial charge in [0, 0.05) is 88.3 Å². The van der Waals surface area contributed by atoms with Gasteiger partial charge < -0.3 is 35.9 Å². The molecule has 10 heteroatoms. The molecule has 44 heavy (non-hydrogen) atoms. The van der Waals surface area contributed by atoms with Crippen molar-refractivity contribution in [3.8, 4) is 33.8 Å². The van der Waals surface area contributed by atoms with Crippen LogP contribution in [0.5, 0.6) is 11.5 Å². The number of likely N-dealkylation sites (N-methyl/N-ethyl adjacent to an activating group) is 2. The quantitative estimate of drug-likeness (QED) is 0.359. The molecule has 0 spiro atoms. The summed E-state index contributed by atoms with van der Waals surface area (Å²) in [6.45, 7) is 16.1. The molecule has 3 aromatic carbocycles. The molecule has 4 N–H and O–H groups in total. The van der Waals surface area contributed by atoms with Crippen LogP contribution >= 0.6 is 0 Å². The smallest absolute Gasteiger partial charge is 0.290 e. The Kier molecular flexibility index (Phi) is 8.50. The van der Waals surface area contributed by atoms with E-state index < -0.39 is 0 Å². The van der Waals surface area contributed by atoms with Crippen molar-refractivity contribution < 1.29 is 30.8 Å². The van der Waals surface area contributed by atoms with Gasteiger partial charge in [-0.05, 0) is 31.5 Å². The average Bonchev–Trinajstić information content (AvgIpc) is 3.20. The van der Waals surface area contributed by atoms with Crippen LogP contribution < -0.4 is 19.6 Å². The third-order valence-corrected chi connectivity index (χ3v) is 10.8. The number of hydrogen-bond donors (Lipinski definition) is 2. The number of aromatic hydroxyl groups is 2. The lowest BCUT2D eigenvalue weighted by Gasteiger charge is -2.28. The van der Waals surface area contributed by atoms with Crippen molar-refractivity contribution in [2.24, 2.45) is 0 Å². The number of nitrogens with zero attached hydrogens (tertiary/aromatic N) is 4. The van der Waals surface area contributed by atoms with E-state index in [-0.39, 0.29) is 57.2 Å². The number of amides is 2. The van der Waals surface area contributed by atoms with Crippen LogP contribution in [-0.4, -0.2) is 73.3 Å². The highest BCUT2D eigenvalue weighted by molar-refractivity contribution is 6.09. The van der Waals surface area contributed by atoms with Gasteiger partial charge >= 0.3 is 0 Å². The van der Waals surface area contributed by atoms with Crippen LogP contribution in [0.1, 0.15) is 66.5 Å². The van der Waals surface area contributed by atoms with E-state index in [1.165, 1.54) is 13.8 Å². The summed E-state index contributed by atoms with van der Waals surface area (Å²) in [6.07, 6.45) is 0. The molecule has 0 saturated carbocycles. The molecule has 5 rings (SSSR count). The van der Waals surface area contributed by atoms with Gasteiger partial charge in [-0.3, -0.25) is 14.5 Å². The minimum Gasteiger partial charge on any atom is -0.870 e. The lowest BCUT2D eigenvalue weighted by molar-refractivity contribution is -0.117. The maximum atomic E-state index is 12.6. The molecule has 2 amide bonds. The minimum atomic E-state index is -0.195. The molecule has 0 bridgehead atoms. The Hall–Kier alpha value is -4.02. The van der Waals surface area contributed by atoms with Crippen molar-refractivity contribution in [3.05, 3.63) is 35.4 Å². The molecule has 0 aromatic heterocycles. The summed E-state index contributed by atoms with van der Waals surface area (Å²) in [5, 5.41) is 23.5. The molecule has 0 aliphatic carbocycles. The van der Waals surface area contributed by atoms with Crippen molar-refractivity contribution in [3.63, 3.8) is 0 Å². The standard InChI is InChI=1S/C34H43N4O4.2H2O/c1-17-33(5,6)23-13-21(25(37(11)19(3)39)15-27(23)35(17)9)29-31(41)30(32(29)42)22-14-24-28(16-26(22)38(12)20(4)40)36(10)18(2)34(24,7)8;;/h13-18,41H,1-12H3;2*1H2/q+1;;/p-1. The Bertz CT molecular complexity index is 1500. The van der Waals surface area contributed by atoms with Gasteiger partial charge in [0.2, 0.25) is 22.9 Å². The normalized spacial score (nSPS) is 19.2. The second-order valence-corrected chi connectivity index (χ2v) is 13.4. The van der Waals surface area contributed by atoms with Crippen molar-refractivity contribution in [2.45, 2.75) is 78.3 Å². The maximum absolute atomic E-state index is 12.6. The van der Waals surface area contributed by atoms with Crippen molar-refractivity contribution in [1.29, 1.82) is 0 Å². The average molecular weight is 607 g/mol. The van der Waals surface area contributed by atoms with E-state index in [0.29, 0.717) is 33.6 Å². The summed E-state index contributed by atoms with van der Waals surface area (Å²) < 4.78 is 0. The van der Waals surface area contributed by atoms with Gasteiger partial charge in [-0.25, -0.2) is 0 Å². The van der Waals surface area contributed by atoms with Gasteiger partial charge in [-0.1, -0.05) is 27.7 Å². The molecule has 2 unspecified atom stereocenters. The predicted molar refractivity (Wildman–Crippen MR) is 176 cm³/mol. The zero-order chi connectivity index (χ0) is 31.4. The van der Waals surface area contributed by atoms with Gasteiger partial charge in [0.05, 0.1) is 11.4 Å². The minimum absolute atomic E-state index is 0.